The van der Waals surface area contributed by atoms with Crippen LogP contribution in [0.4, 0.5) is 5.69 Å². The zero-order chi connectivity index (χ0) is 18.8. The first-order valence-electron chi connectivity index (χ1n) is 10.3. The second-order valence-corrected chi connectivity index (χ2v) is 8.05. The molecule has 0 aromatic heterocycles. The highest BCUT2D eigenvalue weighted by molar-refractivity contribution is 5.96. The van der Waals surface area contributed by atoms with Crippen molar-refractivity contribution in [1.82, 2.24) is 15.1 Å². The summed E-state index contributed by atoms with van der Waals surface area (Å²) in [5.41, 5.74) is 2.36. The molecule has 6 nitrogen and oxygen atoms in total. The average molecular weight is 370 g/mol. The van der Waals surface area contributed by atoms with Crippen molar-refractivity contribution in [3.8, 4) is 0 Å². The number of fused-ring (bicyclic) bond motifs is 1. The molecule has 1 aromatic rings. The van der Waals surface area contributed by atoms with Crippen molar-refractivity contribution >= 4 is 17.5 Å². The van der Waals surface area contributed by atoms with Crippen molar-refractivity contribution < 1.29 is 9.59 Å². The van der Waals surface area contributed by atoms with Crippen LogP contribution in [0.2, 0.25) is 0 Å². The van der Waals surface area contributed by atoms with Crippen LogP contribution in [0.15, 0.2) is 24.3 Å². The van der Waals surface area contributed by atoms with Gasteiger partial charge in [-0.1, -0.05) is 18.2 Å². The highest BCUT2D eigenvalue weighted by atomic mass is 16.2. The van der Waals surface area contributed by atoms with Gasteiger partial charge < -0.3 is 10.2 Å². The minimum Gasteiger partial charge on any atom is -0.352 e. The Morgan fingerprint density at radius 1 is 1.11 bits per heavy atom. The predicted molar refractivity (Wildman–Crippen MR) is 106 cm³/mol. The summed E-state index contributed by atoms with van der Waals surface area (Å²) in [5.74, 6) is 0.335. The van der Waals surface area contributed by atoms with Gasteiger partial charge in [0.25, 0.3) is 0 Å². The van der Waals surface area contributed by atoms with Gasteiger partial charge in [-0.2, -0.15) is 0 Å². The van der Waals surface area contributed by atoms with E-state index in [4.69, 9.17) is 0 Å². The summed E-state index contributed by atoms with van der Waals surface area (Å²) in [6.45, 7) is 6.61. The number of hydrogen-bond donors (Lipinski definition) is 1. The van der Waals surface area contributed by atoms with Crippen LogP contribution >= 0.6 is 0 Å². The van der Waals surface area contributed by atoms with Crippen LogP contribution in [-0.2, 0) is 16.0 Å². The SMILES string of the molecule is CC(C(=O)NC1CC1)N1CCN(CC(=O)N2CCCc3ccccc32)CC1. The van der Waals surface area contributed by atoms with Crippen LogP contribution in [0, 0.1) is 0 Å². The zero-order valence-electron chi connectivity index (χ0n) is 16.2. The van der Waals surface area contributed by atoms with Gasteiger partial charge in [0.1, 0.15) is 0 Å². The maximum atomic E-state index is 12.9. The molecule has 0 radical (unpaired) electrons. The first kappa shape index (κ1) is 18.4. The lowest BCUT2D eigenvalue weighted by Gasteiger charge is -2.38. The molecule has 146 valence electrons. The molecule has 2 heterocycles. The number of aryl methyl sites for hydroxylation is 1. The normalized spacial score (nSPS) is 22.2. The van der Waals surface area contributed by atoms with E-state index in [1.165, 1.54) is 5.56 Å². The third-order valence-electron chi connectivity index (χ3n) is 6.03. The Labute approximate surface area is 161 Å². The average Bonchev–Trinajstić information content (AvgIpc) is 3.51. The number of piperazine rings is 1. The van der Waals surface area contributed by atoms with Gasteiger partial charge in [-0.25, -0.2) is 0 Å². The van der Waals surface area contributed by atoms with Crippen LogP contribution in [0.1, 0.15) is 31.7 Å². The van der Waals surface area contributed by atoms with Crippen molar-refractivity contribution in [3.63, 3.8) is 0 Å². The third kappa shape index (κ3) is 4.33. The number of carbonyl (C=O) groups excluding carboxylic acids is 2. The van der Waals surface area contributed by atoms with E-state index in [0.29, 0.717) is 12.6 Å². The van der Waals surface area contributed by atoms with E-state index >= 15 is 0 Å². The number of nitrogens with one attached hydrogen (secondary N) is 1. The smallest absolute Gasteiger partial charge is 0.241 e. The first-order valence-corrected chi connectivity index (χ1v) is 10.3. The Morgan fingerprint density at radius 2 is 1.85 bits per heavy atom. The molecule has 2 fully saturated rings. The summed E-state index contributed by atoms with van der Waals surface area (Å²) in [6, 6.07) is 8.57. The molecule has 1 saturated carbocycles. The van der Waals surface area contributed by atoms with E-state index in [0.717, 1.165) is 64.1 Å². The van der Waals surface area contributed by atoms with Crippen LogP contribution in [0.25, 0.3) is 0 Å². The molecule has 1 unspecified atom stereocenters. The van der Waals surface area contributed by atoms with Gasteiger partial charge in [0, 0.05) is 44.5 Å². The van der Waals surface area contributed by atoms with Crippen LogP contribution in [-0.4, -0.2) is 73.0 Å². The Morgan fingerprint density at radius 3 is 2.59 bits per heavy atom. The summed E-state index contributed by atoms with van der Waals surface area (Å²) in [5, 5.41) is 3.09. The van der Waals surface area contributed by atoms with Crippen molar-refractivity contribution in [2.24, 2.45) is 0 Å². The monoisotopic (exact) mass is 370 g/mol. The summed E-state index contributed by atoms with van der Waals surface area (Å²) >= 11 is 0. The number of amides is 2. The number of hydrogen-bond acceptors (Lipinski definition) is 4. The molecule has 0 spiro atoms. The quantitative estimate of drug-likeness (QED) is 0.848. The number of para-hydroxylation sites is 1. The molecule has 0 bridgehead atoms. The zero-order valence-corrected chi connectivity index (χ0v) is 16.2. The first-order chi connectivity index (χ1) is 13.1. The highest BCUT2D eigenvalue weighted by Crippen LogP contribution is 2.27. The fourth-order valence-corrected chi connectivity index (χ4v) is 4.09. The van der Waals surface area contributed by atoms with Crippen LogP contribution in [0.3, 0.4) is 0 Å². The Hall–Kier alpha value is -1.92. The van der Waals surface area contributed by atoms with Gasteiger partial charge in [0.05, 0.1) is 12.6 Å². The predicted octanol–water partition coefficient (Wildman–Crippen LogP) is 1.25. The summed E-state index contributed by atoms with van der Waals surface area (Å²) in [7, 11) is 0. The molecule has 1 aliphatic carbocycles. The fourth-order valence-electron chi connectivity index (χ4n) is 4.09. The Kier molecular flexibility index (Phi) is 5.45. The minimum atomic E-state index is -0.0857. The van der Waals surface area contributed by atoms with Crippen LogP contribution in [0.5, 0.6) is 0 Å². The van der Waals surface area contributed by atoms with Gasteiger partial charge in [-0.3, -0.25) is 19.4 Å². The molecular weight excluding hydrogens is 340 g/mol. The molecule has 1 saturated heterocycles. The van der Waals surface area contributed by atoms with Crippen molar-refractivity contribution in [2.75, 3.05) is 44.2 Å². The molecule has 1 aromatic carbocycles. The lowest BCUT2D eigenvalue weighted by atomic mass is 10.0. The second-order valence-electron chi connectivity index (χ2n) is 8.05. The number of rotatable bonds is 5. The molecule has 3 aliphatic rings. The van der Waals surface area contributed by atoms with E-state index < -0.39 is 0 Å². The van der Waals surface area contributed by atoms with Crippen molar-refractivity contribution in [2.45, 2.75) is 44.7 Å². The van der Waals surface area contributed by atoms with Gasteiger partial charge in [0.2, 0.25) is 11.8 Å². The molecular formula is C21H30N4O2. The van der Waals surface area contributed by atoms with E-state index in [9.17, 15) is 9.59 Å². The minimum absolute atomic E-state index is 0.0857. The molecule has 2 amide bonds. The number of carbonyl (C=O) groups is 2. The maximum absolute atomic E-state index is 12.9. The molecule has 6 heteroatoms. The number of anilines is 1. The molecule has 2 aliphatic heterocycles. The van der Waals surface area contributed by atoms with Gasteiger partial charge in [-0.15, -0.1) is 0 Å². The van der Waals surface area contributed by atoms with Crippen molar-refractivity contribution in [1.29, 1.82) is 0 Å². The van der Waals surface area contributed by atoms with Crippen LogP contribution < -0.4 is 10.2 Å². The third-order valence-corrected chi connectivity index (χ3v) is 6.03. The summed E-state index contributed by atoms with van der Waals surface area (Å²) < 4.78 is 0. The van der Waals surface area contributed by atoms with E-state index in [1.54, 1.807) is 0 Å². The Balaban J connectivity index is 1.28. The van der Waals surface area contributed by atoms with Gasteiger partial charge in [0.15, 0.2) is 0 Å². The molecule has 1 atom stereocenters. The molecule has 4 rings (SSSR count). The maximum Gasteiger partial charge on any atom is 0.241 e. The Bertz CT molecular complexity index is 695. The van der Waals surface area contributed by atoms with E-state index in [-0.39, 0.29) is 17.9 Å². The largest absolute Gasteiger partial charge is 0.352 e. The topological polar surface area (TPSA) is 55.9 Å². The van der Waals surface area contributed by atoms with Crippen molar-refractivity contribution in [3.05, 3.63) is 29.8 Å². The standard InChI is InChI=1S/C21H30N4O2/c1-16(21(27)22-18-8-9-18)24-13-11-23(12-14-24)15-20(26)25-10-4-6-17-5-2-3-7-19(17)25/h2-3,5,7,16,18H,4,6,8-15H2,1H3,(H,22,27). The van der Waals surface area contributed by atoms with Gasteiger partial charge in [-0.05, 0) is 44.2 Å². The summed E-state index contributed by atoms with van der Waals surface area (Å²) in [6.07, 6.45) is 4.32. The summed E-state index contributed by atoms with van der Waals surface area (Å²) in [4.78, 5) is 31.5. The van der Waals surface area contributed by atoms with E-state index in [2.05, 4.69) is 27.2 Å². The lowest BCUT2D eigenvalue weighted by molar-refractivity contribution is -0.127. The molecule has 1 N–H and O–H groups in total. The number of benzene rings is 1. The highest BCUT2D eigenvalue weighted by Gasteiger charge is 2.31. The number of nitrogens with zero attached hydrogens (tertiary/aromatic N) is 3. The molecule has 27 heavy (non-hydrogen) atoms. The fraction of sp³-hybridized carbons (Fsp3) is 0.619. The van der Waals surface area contributed by atoms with E-state index in [1.807, 2.05) is 24.0 Å². The van der Waals surface area contributed by atoms with Gasteiger partial charge >= 0.3 is 0 Å². The lowest BCUT2D eigenvalue weighted by Crippen LogP contribution is -2.55. The second kappa shape index (κ2) is 7.98.